The first-order valence-electron chi connectivity index (χ1n) is 6.04. The number of benzene rings is 1. The summed E-state index contributed by atoms with van der Waals surface area (Å²) in [5, 5.41) is 0. The van der Waals surface area contributed by atoms with Gasteiger partial charge < -0.3 is 4.74 Å². The Morgan fingerprint density at radius 3 is 2.47 bits per heavy atom. The number of hydrogen-bond acceptors (Lipinski definition) is 5. The maximum Gasteiger partial charge on any atom is 0.306 e. The molecule has 2 rings (SSSR count). The smallest absolute Gasteiger partial charge is 0.306 e. The highest BCUT2D eigenvalue weighted by molar-refractivity contribution is 7.86. The first-order valence-corrected chi connectivity index (χ1v) is 7.45. The van der Waals surface area contributed by atoms with E-state index in [1.54, 1.807) is 12.1 Å². The Balaban J connectivity index is 2.02. The lowest BCUT2D eigenvalue weighted by molar-refractivity contribution is -0.142. The van der Waals surface area contributed by atoms with Crippen LogP contribution in [0.2, 0.25) is 0 Å². The monoisotopic (exact) mass is 284 g/mol. The van der Waals surface area contributed by atoms with E-state index in [0.29, 0.717) is 6.42 Å². The molecule has 0 bridgehead atoms. The van der Waals surface area contributed by atoms with Crippen LogP contribution in [-0.4, -0.2) is 27.1 Å². The van der Waals surface area contributed by atoms with Gasteiger partial charge in [-0.1, -0.05) is 24.6 Å². The molecular formula is C13H16O5S. The van der Waals surface area contributed by atoms with Gasteiger partial charge in [0.2, 0.25) is 0 Å². The van der Waals surface area contributed by atoms with Gasteiger partial charge in [-0.2, -0.15) is 8.42 Å². The van der Waals surface area contributed by atoms with E-state index in [1.807, 2.05) is 13.8 Å². The SMILES string of the molecule is Cc1ccc(S(=O)(=O)OC[C@@H]2OC(=O)C[C@H]2C)cc1. The van der Waals surface area contributed by atoms with Crippen molar-refractivity contribution in [1.29, 1.82) is 0 Å². The molecule has 0 unspecified atom stereocenters. The van der Waals surface area contributed by atoms with Crippen LogP contribution in [0.15, 0.2) is 29.2 Å². The van der Waals surface area contributed by atoms with Gasteiger partial charge in [0.1, 0.15) is 12.7 Å². The lowest BCUT2D eigenvalue weighted by Crippen LogP contribution is -2.23. The molecule has 1 heterocycles. The van der Waals surface area contributed by atoms with E-state index in [0.717, 1.165) is 5.56 Å². The van der Waals surface area contributed by atoms with Gasteiger partial charge in [-0.25, -0.2) is 0 Å². The van der Waals surface area contributed by atoms with Crippen molar-refractivity contribution in [3.8, 4) is 0 Å². The fourth-order valence-electron chi connectivity index (χ4n) is 1.86. The molecule has 6 heteroatoms. The lowest BCUT2D eigenvalue weighted by atomic mass is 10.1. The summed E-state index contributed by atoms with van der Waals surface area (Å²) in [5.74, 6) is -0.338. The topological polar surface area (TPSA) is 69.7 Å². The summed E-state index contributed by atoms with van der Waals surface area (Å²) >= 11 is 0. The highest BCUT2D eigenvalue weighted by Gasteiger charge is 2.33. The van der Waals surface area contributed by atoms with Crippen LogP contribution < -0.4 is 0 Å². The van der Waals surface area contributed by atoms with Crippen molar-refractivity contribution in [2.75, 3.05) is 6.61 Å². The Morgan fingerprint density at radius 1 is 1.32 bits per heavy atom. The predicted octanol–water partition coefficient (Wildman–Crippen LogP) is 1.65. The molecule has 0 N–H and O–H groups in total. The Bertz CT molecular complexity index is 561. The first kappa shape index (κ1) is 14.0. The van der Waals surface area contributed by atoms with Gasteiger partial charge in [0.25, 0.3) is 10.1 Å². The van der Waals surface area contributed by atoms with Crippen LogP contribution in [-0.2, 0) is 23.8 Å². The number of carbonyl (C=O) groups is 1. The molecule has 2 atom stereocenters. The third-order valence-electron chi connectivity index (χ3n) is 3.10. The van der Waals surface area contributed by atoms with Crippen molar-refractivity contribution in [3.63, 3.8) is 0 Å². The van der Waals surface area contributed by atoms with Crippen LogP contribution >= 0.6 is 0 Å². The number of aryl methyl sites for hydroxylation is 1. The van der Waals surface area contributed by atoms with Crippen LogP contribution in [0, 0.1) is 12.8 Å². The van der Waals surface area contributed by atoms with Gasteiger partial charge in [-0.3, -0.25) is 8.98 Å². The molecule has 104 valence electrons. The third kappa shape index (κ3) is 3.33. The molecule has 0 saturated carbocycles. The van der Waals surface area contributed by atoms with Gasteiger partial charge in [0, 0.05) is 5.92 Å². The van der Waals surface area contributed by atoms with Crippen molar-refractivity contribution in [2.45, 2.75) is 31.3 Å². The molecule has 1 fully saturated rings. The van der Waals surface area contributed by atoms with E-state index in [2.05, 4.69) is 0 Å². The maximum atomic E-state index is 11.9. The molecule has 1 aromatic carbocycles. The molecule has 0 radical (unpaired) electrons. The van der Waals surface area contributed by atoms with Crippen LogP contribution in [0.5, 0.6) is 0 Å². The van der Waals surface area contributed by atoms with Crippen LogP contribution in [0.4, 0.5) is 0 Å². The number of cyclic esters (lactones) is 1. The van der Waals surface area contributed by atoms with Gasteiger partial charge in [-0.15, -0.1) is 0 Å². The van der Waals surface area contributed by atoms with E-state index >= 15 is 0 Å². The zero-order chi connectivity index (χ0) is 14.0. The first-order chi connectivity index (χ1) is 8.88. The van der Waals surface area contributed by atoms with Gasteiger partial charge >= 0.3 is 5.97 Å². The molecule has 0 aromatic heterocycles. The summed E-state index contributed by atoms with van der Waals surface area (Å²) < 4.78 is 33.8. The molecule has 1 aliphatic heterocycles. The molecule has 0 amide bonds. The number of hydrogen-bond donors (Lipinski definition) is 0. The third-order valence-corrected chi connectivity index (χ3v) is 4.40. The second kappa shape index (κ2) is 5.30. The van der Waals surface area contributed by atoms with Crippen LogP contribution in [0.3, 0.4) is 0 Å². The summed E-state index contributed by atoms with van der Waals surface area (Å²) in [6.45, 7) is 3.57. The van der Waals surface area contributed by atoms with Gasteiger partial charge in [0.15, 0.2) is 0 Å². The van der Waals surface area contributed by atoms with E-state index in [-0.39, 0.29) is 23.4 Å². The fraction of sp³-hybridized carbons (Fsp3) is 0.462. The Morgan fingerprint density at radius 2 is 1.95 bits per heavy atom. The zero-order valence-electron chi connectivity index (χ0n) is 10.8. The second-order valence-electron chi connectivity index (χ2n) is 4.76. The highest BCUT2D eigenvalue weighted by Crippen LogP contribution is 2.23. The summed E-state index contributed by atoms with van der Waals surface area (Å²) in [4.78, 5) is 11.2. The Labute approximate surface area is 112 Å². The van der Waals surface area contributed by atoms with Crippen molar-refractivity contribution >= 4 is 16.1 Å². The van der Waals surface area contributed by atoms with Gasteiger partial charge in [0.05, 0.1) is 11.3 Å². The maximum absolute atomic E-state index is 11.9. The number of esters is 1. The minimum atomic E-state index is -3.80. The molecular weight excluding hydrogens is 268 g/mol. The summed E-state index contributed by atoms with van der Waals surface area (Å²) in [7, 11) is -3.80. The largest absolute Gasteiger partial charge is 0.460 e. The molecule has 5 nitrogen and oxygen atoms in total. The van der Waals surface area contributed by atoms with E-state index in [4.69, 9.17) is 8.92 Å². The average molecular weight is 284 g/mol. The lowest BCUT2D eigenvalue weighted by Gasteiger charge is -2.13. The number of ether oxygens (including phenoxy) is 1. The van der Waals surface area contributed by atoms with Crippen molar-refractivity contribution in [3.05, 3.63) is 29.8 Å². The summed E-state index contributed by atoms with van der Waals surface area (Å²) in [6.07, 6.45) is -0.189. The predicted molar refractivity (Wildman–Crippen MR) is 68.0 cm³/mol. The zero-order valence-corrected chi connectivity index (χ0v) is 11.6. The normalized spacial score (nSPS) is 23.4. The molecule has 19 heavy (non-hydrogen) atoms. The minimum Gasteiger partial charge on any atom is -0.460 e. The second-order valence-corrected chi connectivity index (χ2v) is 6.38. The van der Waals surface area contributed by atoms with E-state index < -0.39 is 16.2 Å². The van der Waals surface area contributed by atoms with Crippen LogP contribution in [0.25, 0.3) is 0 Å². The molecule has 1 saturated heterocycles. The standard InChI is InChI=1S/C13H16O5S/c1-9-3-5-11(6-4-9)19(15,16)17-8-12-10(2)7-13(14)18-12/h3-6,10,12H,7-8H2,1-2H3/t10-,12+/m1/s1. The van der Waals surface area contributed by atoms with E-state index in [1.165, 1.54) is 12.1 Å². The number of carbonyl (C=O) groups excluding carboxylic acids is 1. The van der Waals surface area contributed by atoms with Gasteiger partial charge in [-0.05, 0) is 19.1 Å². The van der Waals surface area contributed by atoms with Crippen molar-refractivity contribution in [1.82, 2.24) is 0 Å². The Hall–Kier alpha value is -1.40. The number of rotatable bonds is 4. The molecule has 1 aliphatic rings. The molecule has 0 aliphatic carbocycles. The van der Waals surface area contributed by atoms with E-state index in [9.17, 15) is 13.2 Å². The van der Waals surface area contributed by atoms with Crippen LogP contribution in [0.1, 0.15) is 18.9 Å². The fourth-order valence-corrected chi connectivity index (χ4v) is 2.77. The van der Waals surface area contributed by atoms with Crippen molar-refractivity contribution < 1.29 is 22.1 Å². The summed E-state index contributed by atoms with van der Waals surface area (Å²) in [6, 6.07) is 6.40. The van der Waals surface area contributed by atoms with Crippen molar-refractivity contribution in [2.24, 2.45) is 5.92 Å². The molecule has 0 spiro atoms. The quantitative estimate of drug-likeness (QED) is 0.621. The molecule has 1 aromatic rings. The summed E-state index contributed by atoms with van der Waals surface area (Å²) in [5.41, 5.74) is 0.970. The minimum absolute atomic E-state index is 0.0271. The Kier molecular flexibility index (Phi) is 3.91. The highest BCUT2D eigenvalue weighted by atomic mass is 32.2. The average Bonchev–Trinajstić information content (AvgIpc) is 2.66.